The third kappa shape index (κ3) is 2.64. The van der Waals surface area contributed by atoms with Crippen LogP contribution in [0.1, 0.15) is 31.2 Å². The number of anilines is 1. The molecule has 1 aliphatic heterocycles. The number of nitrogens with zero attached hydrogens (tertiary/aromatic N) is 5. The highest BCUT2D eigenvalue weighted by atomic mass is 15.4. The van der Waals surface area contributed by atoms with Gasteiger partial charge in [-0.3, -0.25) is 0 Å². The number of hydrogen-bond donors (Lipinski definition) is 0. The molecule has 0 radical (unpaired) electrons. The van der Waals surface area contributed by atoms with Gasteiger partial charge < -0.3 is 4.90 Å². The molecule has 4 rings (SSSR count). The highest BCUT2D eigenvalue weighted by Crippen LogP contribution is 2.28. The van der Waals surface area contributed by atoms with Crippen molar-refractivity contribution < 1.29 is 0 Å². The van der Waals surface area contributed by atoms with E-state index in [9.17, 15) is 0 Å². The van der Waals surface area contributed by atoms with Gasteiger partial charge in [-0.15, -0.1) is 0 Å². The molecule has 0 saturated carbocycles. The van der Waals surface area contributed by atoms with Crippen LogP contribution in [0.15, 0.2) is 30.3 Å². The van der Waals surface area contributed by atoms with Crippen LogP contribution in [0.5, 0.6) is 0 Å². The number of benzene rings is 1. The van der Waals surface area contributed by atoms with Crippen molar-refractivity contribution in [2.75, 3.05) is 18.0 Å². The zero-order valence-electron chi connectivity index (χ0n) is 14.5. The van der Waals surface area contributed by atoms with E-state index in [2.05, 4.69) is 29.9 Å². The van der Waals surface area contributed by atoms with Crippen molar-refractivity contribution in [2.24, 2.45) is 5.92 Å². The van der Waals surface area contributed by atoms with E-state index in [1.807, 2.05) is 35.9 Å². The van der Waals surface area contributed by atoms with Gasteiger partial charge in [-0.1, -0.05) is 19.1 Å². The molecule has 3 heterocycles. The number of para-hydroxylation sites is 2. The van der Waals surface area contributed by atoms with E-state index in [0.717, 1.165) is 53.1 Å². The van der Waals surface area contributed by atoms with Gasteiger partial charge in [-0.05, 0) is 50.8 Å². The van der Waals surface area contributed by atoms with Crippen molar-refractivity contribution in [1.29, 1.82) is 0 Å². The normalized spacial score (nSPS) is 16.0. The second-order valence-electron chi connectivity index (χ2n) is 6.87. The molecule has 0 N–H and O–H groups in total. The summed E-state index contributed by atoms with van der Waals surface area (Å²) in [6.45, 7) is 8.46. The lowest BCUT2D eigenvalue weighted by Crippen LogP contribution is -2.34. The first-order valence-electron chi connectivity index (χ1n) is 8.67. The largest absolute Gasteiger partial charge is 0.353 e. The van der Waals surface area contributed by atoms with Crippen molar-refractivity contribution in [2.45, 2.75) is 33.6 Å². The fourth-order valence-electron chi connectivity index (χ4n) is 3.40. The van der Waals surface area contributed by atoms with E-state index in [4.69, 9.17) is 9.97 Å². The summed E-state index contributed by atoms with van der Waals surface area (Å²) in [7, 11) is 0. The Morgan fingerprint density at radius 3 is 2.17 bits per heavy atom. The van der Waals surface area contributed by atoms with Crippen molar-refractivity contribution >= 4 is 16.9 Å². The summed E-state index contributed by atoms with van der Waals surface area (Å²) in [5.41, 5.74) is 3.94. The molecule has 1 saturated heterocycles. The van der Waals surface area contributed by atoms with E-state index in [-0.39, 0.29) is 0 Å². The maximum Gasteiger partial charge on any atom is 0.197 e. The minimum atomic E-state index is 0.784. The molecular formula is C19H23N5. The van der Waals surface area contributed by atoms with Crippen LogP contribution >= 0.6 is 0 Å². The zero-order chi connectivity index (χ0) is 16.7. The van der Waals surface area contributed by atoms with E-state index in [1.54, 1.807) is 0 Å². The van der Waals surface area contributed by atoms with Gasteiger partial charge in [-0.25, -0.2) is 14.6 Å². The smallest absolute Gasteiger partial charge is 0.197 e. The molecule has 5 nitrogen and oxygen atoms in total. The number of aryl methyl sites for hydroxylation is 2. The third-order valence-electron chi connectivity index (χ3n) is 4.83. The number of piperidine rings is 1. The molecule has 124 valence electrons. The van der Waals surface area contributed by atoms with Crippen molar-refractivity contribution in [1.82, 2.24) is 19.7 Å². The Bertz CT molecular complexity index is 875. The number of rotatable bonds is 2. The Hall–Kier alpha value is -2.43. The summed E-state index contributed by atoms with van der Waals surface area (Å²) in [6.07, 6.45) is 2.40. The first kappa shape index (κ1) is 15.1. The highest BCUT2D eigenvalue weighted by molar-refractivity contribution is 5.78. The maximum atomic E-state index is 4.95. The summed E-state index contributed by atoms with van der Waals surface area (Å²) in [5.74, 6) is 2.58. The summed E-state index contributed by atoms with van der Waals surface area (Å²) >= 11 is 0. The average molecular weight is 321 g/mol. The van der Waals surface area contributed by atoms with Crippen LogP contribution < -0.4 is 4.90 Å². The van der Waals surface area contributed by atoms with Gasteiger partial charge in [0.1, 0.15) is 0 Å². The predicted octanol–water partition coefficient (Wildman–Crippen LogP) is 3.67. The van der Waals surface area contributed by atoms with Gasteiger partial charge in [-0.2, -0.15) is 5.10 Å². The van der Waals surface area contributed by atoms with Gasteiger partial charge in [0, 0.05) is 18.8 Å². The Morgan fingerprint density at radius 1 is 0.958 bits per heavy atom. The standard InChI is InChI=1S/C19H23N5/c1-13-8-10-23(11-9-13)18-19(24-15(3)12-14(2)22-24)21-17-7-5-4-6-16(17)20-18/h4-7,12-13H,8-11H2,1-3H3. The van der Waals surface area contributed by atoms with Gasteiger partial charge in [0.25, 0.3) is 0 Å². The molecule has 3 aromatic rings. The second-order valence-corrected chi connectivity index (χ2v) is 6.87. The van der Waals surface area contributed by atoms with E-state index in [1.165, 1.54) is 12.8 Å². The third-order valence-corrected chi connectivity index (χ3v) is 4.83. The fraction of sp³-hybridized carbons (Fsp3) is 0.421. The lowest BCUT2D eigenvalue weighted by molar-refractivity contribution is 0.436. The highest BCUT2D eigenvalue weighted by Gasteiger charge is 2.23. The summed E-state index contributed by atoms with van der Waals surface area (Å²) in [4.78, 5) is 12.2. The van der Waals surface area contributed by atoms with Crippen LogP contribution in [0.25, 0.3) is 16.9 Å². The molecule has 1 aromatic carbocycles. The van der Waals surface area contributed by atoms with Crippen molar-refractivity contribution in [3.05, 3.63) is 41.7 Å². The van der Waals surface area contributed by atoms with E-state index >= 15 is 0 Å². The van der Waals surface area contributed by atoms with Crippen LogP contribution in [0.4, 0.5) is 5.82 Å². The summed E-state index contributed by atoms with van der Waals surface area (Å²) in [6, 6.07) is 10.1. The van der Waals surface area contributed by atoms with Gasteiger partial charge in [0.05, 0.1) is 16.7 Å². The molecule has 0 aliphatic carbocycles. The molecule has 2 aromatic heterocycles. The quantitative estimate of drug-likeness (QED) is 0.722. The minimum Gasteiger partial charge on any atom is -0.353 e. The molecule has 0 amide bonds. The maximum absolute atomic E-state index is 4.95. The topological polar surface area (TPSA) is 46.8 Å². The molecule has 24 heavy (non-hydrogen) atoms. The lowest BCUT2D eigenvalue weighted by atomic mass is 9.99. The first-order chi connectivity index (χ1) is 11.6. The second kappa shape index (κ2) is 5.89. The van der Waals surface area contributed by atoms with Gasteiger partial charge in [0.2, 0.25) is 0 Å². The van der Waals surface area contributed by atoms with Gasteiger partial charge in [0.15, 0.2) is 11.6 Å². The van der Waals surface area contributed by atoms with Crippen LogP contribution in [-0.2, 0) is 0 Å². The van der Waals surface area contributed by atoms with E-state index in [0.29, 0.717) is 0 Å². The summed E-state index contributed by atoms with van der Waals surface area (Å²) < 4.78 is 1.93. The molecule has 0 unspecified atom stereocenters. The Kier molecular flexibility index (Phi) is 3.71. The number of aromatic nitrogens is 4. The van der Waals surface area contributed by atoms with Crippen LogP contribution in [0, 0.1) is 19.8 Å². The van der Waals surface area contributed by atoms with Crippen LogP contribution in [-0.4, -0.2) is 32.8 Å². The Morgan fingerprint density at radius 2 is 1.58 bits per heavy atom. The summed E-state index contributed by atoms with van der Waals surface area (Å²) in [5, 5.41) is 4.65. The molecule has 5 heteroatoms. The molecule has 0 spiro atoms. The van der Waals surface area contributed by atoms with Crippen molar-refractivity contribution in [3.63, 3.8) is 0 Å². The molecule has 0 atom stereocenters. The molecular weight excluding hydrogens is 298 g/mol. The number of fused-ring (bicyclic) bond motifs is 1. The molecule has 1 fully saturated rings. The Labute approximate surface area is 142 Å². The number of hydrogen-bond acceptors (Lipinski definition) is 4. The SMILES string of the molecule is Cc1cc(C)n(-c2nc3ccccc3nc2N2CCC(C)CC2)n1. The van der Waals surface area contributed by atoms with E-state index < -0.39 is 0 Å². The van der Waals surface area contributed by atoms with Crippen LogP contribution in [0.2, 0.25) is 0 Å². The van der Waals surface area contributed by atoms with Crippen molar-refractivity contribution in [3.8, 4) is 5.82 Å². The minimum absolute atomic E-state index is 0.784. The first-order valence-corrected chi connectivity index (χ1v) is 8.67. The Balaban J connectivity index is 1.89. The fourth-order valence-corrected chi connectivity index (χ4v) is 3.40. The molecule has 1 aliphatic rings. The molecule has 0 bridgehead atoms. The monoisotopic (exact) mass is 321 g/mol. The zero-order valence-corrected chi connectivity index (χ0v) is 14.5. The predicted molar refractivity (Wildman–Crippen MR) is 96.7 cm³/mol. The van der Waals surface area contributed by atoms with Crippen LogP contribution in [0.3, 0.4) is 0 Å². The lowest BCUT2D eigenvalue weighted by Gasteiger charge is -2.32. The average Bonchev–Trinajstić information content (AvgIpc) is 2.92. The van der Waals surface area contributed by atoms with Gasteiger partial charge >= 0.3 is 0 Å².